The third-order valence-corrected chi connectivity index (χ3v) is 4.83. The Balaban J connectivity index is 1.55. The second-order valence-corrected chi connectivity index (χ2v) is 7.11. The number of halogens is 2. The minimum atomic E-state index is -0.903. The topological polar surface area (TPSA) is 125 Å². The average Bonchev–Trinajstić information content (AvgIpc) is 3.29. The van der Waals surface area contributed by atoms with E-state index >= 15 is 0 Å². The van der Waals surface area contributed by atoms with E-state index in [2.05, 4.69) is 20.6 Å². The smallest absolute Gasteiger partial charge is 0.339 e. The molecule has 12 heteroatoms. The molecule has 0 saturated carbocycles. The molecule has 174 valence electrons. The third-order valence-electron chi connectivity index (χ3n) is 4.83. The first-order valence-electron chi connectivity index (χ1n) is 10.2. The van der Waals surface area contributed by atoms with Crippen molar-refractivity contribution in [2.24, 2.45) is 0 Å². The highest BCUT2D eigenvalue weighted by atomic mass is 19.1. The fraction of sp³-hybridized carbons (Fsp3) is 0.182. The maximum atomic E-state index is 13.7. The first-order valence-corrected chi connectivity index (χ1v) is 10.2. The Labute approximate surface area is 190 Å². The van der Waals surface area contributed by atoms with E-state index in [1.807, 2.05) is 0 Å². The number of hydrogen-bond acceptors (Lipinski definition) is 7. The van der Waals surface area contributed by atoms with E-state index in [1.54, 1.807) is 37.3 Å². The second kappa shape index (κ2) is 9.57. The number of para-hydroxylation sites is 1. The molecule has 4 rings (SSSR count). The molecule has 0 spiro atoms. The fourth-order valence-electron chi connectivity index (χ4n) is 3.15. The maximum absolute atomic E-state index is 13.7. The van der Waals surface area contributed by atoms with Gasteiger partial charge in [0.25, 0.3) is 5.56 Å². The summed E-state index contributed by atoms with van der Waals surface area (Å²) in [5, 5.41) is 10.2. The SMILES string of the molecule is CCn1c(=O)c(-c2noc(CCC(=O)Nc3ccc(F)cc3F)n2)nn(-c2ccccc2)c1=O. The van der Waals surface area contributed by atoms with Gasteiger partial charge in [0.2, 0.25) is 17.6 Å². The summed E-state index contributed by atoms with van der Waals surface area (Å²) in [6.07, 6.45) is -0.156. The molecule has 0 aliphatic carbocycles. The highest BCUT2D eigenvalue weighted by molar-refractivity contribution is 5.90. The van der Waals surface area contributed by atoms with Crippen LogP contribution in [0.5, 0.6) is 0 Å². The molecule has 1 amide bonds. The number of amides is 1. The summed E-state index contributed by atoms with van der Waals surface area (Å²) in [6.45, 7) is 1.75. The number of carbonyl (C=O) groups is 1. The van der Waals surface area contributed by atoms with E-state index < -0.39 is 28.8 Å². The molecule has 0 aliphatic rings. The predicted octanol–water partition coefficient (Wildman–Crippen LogP) is 2.31. The minimum absolute atomic E-state index is 0.0120. The quantitative estimate of drug-likeness (QED) is 0.441. The van der Waals surface area contributed by atoms with Crippen LogP contribution in [0, 0.1) is 11.6 Å². The minimum Gasteiger partial charge on any atom is -0.339 e. The van der Waals surface area contributed by atoms with Crippen LogP contribution in [0.25, 0.3) is 17.2 Å². The zero-order valence-electron chi connectivity index (χ0n) is 17.9. The van der Waals surface area contributed by atoms with Gasteiger partial charge in [-0.3, -0.25) is 14.2 Å². The van der Waals surface area contributed by atoms with Crippen LogP contribution in [0.1, 0.15) is 19.2 Å². The van der Waals surface area contributed by atoms with Gasteiger partial charge in [-0.15, -0.1) is 0 Å². The van der Waals surface area contributed by atoms with Crippen LogP contribution in [0.2, 0.25) is 0 Å². The summed E-state index contributed by atoms with van der Waals surface area (Å²) in [7, 11) is 0. The van der Waals surface area contributed by atoms with Crippen LogP contribution in [0.4, 0.5) is 14.5 Å². The highest BCUT2D eigenvalue weighted by Crippen LogP contribution is 2.16. The Morgan fingerprint density at radius 3 is 2.59 bits per heavy atom. The molecule has 0 fully saturated rings. The van der Waals surface area contributed by atoms with E-state index in [9.17, 15) is 23.2 Å². The van der Waals surface area contributed by atoms with E-state index in [0.29, 0.717) is 11.8 Å². The molecule has 0 saturated heterocycles. The van der Waals surface area contributed by atoms with Gasteiger partial charge in [-0.2, -0.15) is 14.8 Å². The fourth-order valence-corrected chi connectivity index (χ4v) is 3.15. The Bertz CT molecular complexity index is 1460. The van der Waals surface area contributed by atoms with Gasteiger partial charge in [0.05, 0.1) is 11.4 Å². The average molecular weight is 468 g/mol. The van der Waals surface area contributed by atoms with E-state index in [4.69, 9.17) is 4.52 Å². The van der Waals surface area contributed by atoms with Gasteiger partial charge in [0.15, 0.2) is 5.69 Å². The van der Waals surface area contributed by atoms with Crippen molar-refractivity contribution in [2.45, 2.75) is 26.3 Å². The predicted molar refractivity (Wildman–Crippen MR) is 116 cm³/mol. The van der Waals surface area contributed by atoms with Gasteiger partial charge in [-0.05, 0) is 31.2 Å². The van der Waals surface area contributed by atoms with Crippen molar-refractivity contribution in [2.75, 3.05) is 5.32 Å². The normalized spacial score (nSPS) is 10.9. The molecule has 0 radical (unpaired) electrons. The van der Waals surface area contributed by atoms with Crippen molar-refractivity contribution in [1.82, 2.24) is 24.5 Å². The lowest BCUT2D eigenvalue weighted by molar-refractivity contribution is -0.116. The Kier molecular flexibility index (Phi) is 6.39. The zero-order valence-corrected chi connectivity index (χ0v) is 17.9. The molecule has 2 aromatic carbocycles. The maximum Gasteiger partial charge on any atom is 0.352 e. The van der Waals surface area contributed by atoms with E-state index in [1.165, 1.54) is 0 Å². The van der Waals surface area contributed by atoms with Gasteiger partial charge in [-0.1, -0.05) is 23.4 Å². The molecular formula is C22H18F2N6O4. The summed E-state index contributed by atoms with van der Waals surface area (Å²) in [4.78, 5) is 41.7. The molecule has 0 aliphatic heterocycles. The van der Waals surface area contributed by atoms with Crippen LogP contribution in [-0.4, -0.2) is 30.4 Å². The highest BCUT2D eigenvalue weighted by Gasteiger charge is 2.20. The van der Waals surface area contributed by atoms with Crippen molar-refractivity contribution in [3.8, 4) is 17.2 Å². The number of nitrogens with one attached hydrogen (secondary N) is 1. The lowest BCUT2D eigenvalue weighted by Crippen LogP contribution is -2.41. The van der Waals surface area contributed by atoms with E-state index in [-0.39, 0.29) is 42.5 Å². The summed E-state index contributed by atoms with van der Waals surface area (Å²) in [6, 6.07) is 11.3. The van der Waals surface area contributed by atoms with Crippen LogP contribution >= 0.6 is 0 Å². The van der Waals surface area contributed by atoms with Crippen molar-refractivity contribution < 1.29 is 18.1 Å². The summed E-state index contributed by atoms with van der Waals surface area (Å²) >= 11 is 0. The second-order valence-electron chi connectivity index (χ2n) is 7.11. The number of carbonyl (C=O) groups excluding carboxylic acids is 1. The van der Waals surface area contributed by atoms with Crippen molar-refractivity contribution in [3.05, 3.63) is 86.9 Å². The molecule has 0 atom stereocenters. The molecule has 0 unspecified atom stereocenters. The monoisotopic (exact) mass is 468 g/mol. The number of anilines is 1. The number of nitrogens with zero attached hydrogens (tertiary/aromatic N) is 5. The molecular weight excluding hydrogens is 450 g/mol. The molecule has 34 heavy (non-hydrogen) atoms. The van der Waals surface area contributed by atoms with Gasteiger partial charge in [0.1, 0.15) is 11.6 Å². The number of aryl methyl sites for hydroxylation is 1. The largest absolute Gasteiger partial charge is 0.352 e. The standard InChI is InChI=1S/C22H18F2N6O4/c1-2-29-21(32)19(27-30(22(29)33)14-6-4-3-5-7-14)20-26-18(34-28-20)11-10-17(31)25-16-9-8-13(23)12-15(16)24/h3-9,12H,2,10-11H2,1H3,(H,25,31). The van der Waals surface area contributed by atoms with E-state index in [0.717, 1.165) is 21.4 Å². The summed E-state index contributed by atoms with van der Waals surface area (Å²) in [5.74, 6) is -2.33. The summed E-state index contributed by atoms with van der Waals surface area (Å²) < 4.78 is 33.9. The Morgan fingerprint density at radius 2 is 1.88 bits per heavy atom. The first kappa shape index (κ1) is 22.7. The van der Waals surface area contributed by atoms with Crippen LogP contribution < -0.4 is 16.6 Å². The van der Waals surface area contributed by atoms with Gasteiger partial charge < -0.3 is 9.84 Å². The van der Waals surface area contributed by atoms with Crippen LogP contribution in [0.15, 0.2) is 62.6 Å². The van der Waals surface area contributed by atoms with Crippen molar-refractivity contribution in [3.63, 3.8) is 0 Å². The Hall–Kier alpha value is -4.48. The zero-order chi connectivity index (χ0) is 24.2. The lowest BCUT2D eigenvalue weighted by Gasteiger charge is -2.09. The van der Waals surface area contributed by atoms with Gasteiger partial charge >= 0.3 is 5.69 Å². The Morgan fingerprint density at radius 1 is 1.12 bits per heavy atom. The van der Waals surface area contributed by atoms with Gasteiger partial charge in [0, 0.05) is 25.5 Å². The number of benzene rings is 2. The van der Waals surface area contributed by atoms with Crippen molar-refractivity contribution >= 4 is 11.6 Å². The molecule has 2 aromatic heterocycles. The summed E-state index contributed by atoms with van der Waals surface area (Å²) in [5.41, 5.74) is -1.21. The number of hydrogen-bond donors (Lipinski definition) is 1. The molecule has 10 nitrogen and oxygen atoms in total. The number of aromatic nitrogens is 5. The molecule has 4 aromatic rings. The molecule has 1 N–H and O–H groups in total. The number of rotatable bonds is 7. The molecule has 0 bridgehead atoms. The first-order chi connectivity index (χ1) is 16.4. The van der Waals surface area contributed by atoms with Crippen LogP contribution in [0.3, 0.4) is 0 Å². The molecule has 2 heterocycles. The third kappa shape index (κ3) is 4.65. The van der Waals surface area contributed by atoms with Crippen molar-refractivity contribution in [1.29, 1.82) is 0 Å². The van der Waals surface area contributed by atoms with Crippen LogP contribution in [-0.2, 0) is 17.8 Å². The lowest BCUT2D eigenvalue weighted by atomic mass is 10.2. The van der Waals surface area contributed by atoms with Gasteiger partial charge in [-0.25, -0.2) is 13.6 Å².